The van der Waals surface area contributed by atoms with E-state index in [4.69, 9.17) is 0 Å². The number of hydrogen-bond donors (Lipinski definition) is 2. The lowest BCUT2D eigenvalue weighted by atomic mass is 9.99. The number of carbonyl (C=O) groups excluding carboxylic acids is 1. The Morgan fingerprint density at radius 3 is 2.94 bits per heavy atom. The summed E-state index contributed by atoms with van der Waals surface area (Å²) < 4.78 is 0. The maximum Gasteiger partial charge on any atom is 0.226 e. The lowest BCUT2D eigenvalue weighted by molar-refractivity contribution is -0.116. The molecule has 1 aliphatic rings. The third kappa shape index (κ3) is 3.74. The molecular weight excluding hydrogens is 248 g/mol. The first-order valence-corrected chi connectivity index (χ1v) is 7.45. The largest absolute Gasteiger partial charge is 0.317 e. The highest BCUT2D eigenvalue weighted by Crippen LogP contribution is 2.29. The summed E-state index contributed by atoms with van der Waals surface area (Å²) in [6.45, 7) is 4.17. The van der Waals surface area contributed by atoms with Gasteiger partial charge in [0.05, 0.1) is 0 Å². The molecule has 0 saturated carbocycles. The van der Waals surface area contributed by atoms with E-state index in [2.05, 4.69) is 27.8 Å². The molecule has 0 spiro atoms. The molecule has 0 radical (unpaired) electrons. The van der Waals surface area contributed by atoms with E-state index < -0.39 is 0 Å². The maximum atomic E-state index is 11.6. The SMILES string of the molecule is CCCCC(=O)Nc1nnc(C2CCNCC2)s1. The van der Waals surface area contributed by atoms with Gasteiger partial charge in [-0.05, 0) is 32.4 Å². The molecule has 1 saturated heterocycles. The van der Waals surface area contributed by atoms with Crippen LogP contribution in [0.1, 0.15) is 50.0 Å². The summed E-state index contributed by atoms with van der Waals surface area (Å²) in [5.74, 6) is 0.551. The summed E-state index contributed by atoms with van der Waals surface area (Å²) in [5, 5.41) is 16.1. The summed E-state index contributed by atoms with van der Waals surface area (Å²) in [7, 11) is 0. The number of carbonyl (C=O) groups is 1. The Morgan fingerprint density at radius 1 is 1.44 bits per heavy atom. The number of nitrogens with zero attached hydrogens (tertiary/aromatic N) is 2. The monoisotopic (exact) mass is 268 g/mol. The number of anilines is 1. The molecule has 1 aromatic rings. The van der Waals surface area contributed by atoms with E-state index >= 15 is 0 Å². The Kier molecular flexibility index (Phi) is 5.07. The number of nitrogens with one attached hydrogen (secondary N) is 2. The van der Waals surface area contributed by atoms with Gasteiger partial charge in [-0.3, -0.25) is 4.79 Å². The number of rotatable bonds is 5. The zero-order valence-electron chi connectivity index (χ0n) is 10.7. The Morgan fingerprint density at radius 2 is 2.22 bits per heavy atom. The third-order valence-corrected chi connectivity index (χ3v) is 4.13. The fourth-order valence-electron chi connectivity index (χ4n) is 2.04. The van der Waals surface area contributed by atoms with Crippen LogP contribution < -0.4 is 10.6 Å². The number of hydrogen-bond acceptors (Lipinski definition) is 5. The maximum absolute atomic E-state index is 11.6. The van der Waals surface area contributed by atoms with E-state index in [0.29, 0.717) is 17.5 Å². The number of unbranched alkanes of at least 4 members (excludes halogenated alkanes) is 1. The van der Waals surface area contributed by atoms with E-state index in [0.717, 1.165) is 43.8 Å². The first kappa shape index (κ1) is 13.4. The fraction of sp³-hybridized carbons (Fsp3) is 0.750. The van der Waals surface area contributed by atoms with Gasteiger partial charge in [-0.25, -0.2) is 0 Å². The standard InChI is InChI=1S/C12H20N4OS/c1-2-3-4-10(17)14-12-16-15-11(18-12)9-5-7-13-8-6-9/h9,13H,2-8H2,1H3,(H,14,16,17). The van der Waals surface area contributed by atoms with Gasteiger partial charge in [-0.1, -0.05) is 24.7 Å². The second-order valence-electron chi connectivity index (χ2n) is 4.62. The number of aromatic nitrogens is 2. The van der Waals surface area contributed by atoms with Crippen molar-refractivity contribution in [3.05, 3.63) is 5.01 Å². The molecule has 2 rings (SSSR count). The van der Waals surface area contributed by atoms with Gasteiger partial charge in [0, 0.05) is 12.3 Å². The van der Waals surface area contributed by atoms with Crippen molar-refractivity contribution in [3.63, 3.8) is 0 Å². The molecule has 18 heavy (non-hydrogen) atoms. The lowest BCUT2D eigenvalue weighted by Gasteiger charge is -2.19. The van der Waals surface area contributed by atoms with Crippen LogP contribution >= 0.6 is 11.3 Å². The Balaban J connectivity index is 1.87. The molecule has 0 unspecified atom stereocenters. The van der Waals surface area contributed by atoms with Crippen molar-refractivity contribution in [1.29, 1.82) is 0 Å². The molecule has 2 N–H and O–H groups in total. The van der Waals surface area contributed by atoms with Crippen molar-refractivity contribution in [2.45, 2.75) is 44.9 Å². The van der Waals surface area contributed by atoms with Crippen LogP contribution in [0.2, 0.25) is 0 Å². The third-order valence-electron chi connectivity index (χ3n) is 3.13. The topological polar surface area (TPSA) is 66.9 Å². The van der Waals surface area contributed by atoms with Crippen molar-refractivity contribution in [3.8, 4) is 0 Å². The van der Waals surface area contributed by atoms with Crippen LogP contribution in [-0.2, 0) is 4.79 Å². The smallest absolute Gasteiger partial charge is 0.226 e. The highest BCUT2D eigenvalue weighted by atomic mass is 32.1. The molecule has 1 fully saturated rings. The molecule has 100 valence electrons. The summed E-state index contributed by atoms with van der Waals surface area (Å²) >= 11 is 1.52. The zero-order chi connectivity index (χ0) is 12.8. The van der Waals surface area contributed by atoms with Gasteiger partial charge in [0.2, 0.25) is 11.0 Å². The van der Waals surface area contributed by atoms with Gasteiger partial charge in [-0.2, -0.15) is 0 Å². The van der Waals surface area contributed by atoms with Crippen molar-refractivity contribution >= 4 is 22.4 Å². The fourth-order valence-corrected chi connectivity index (χ4v) is 2.97. The molecule has 5 nitrogen and oxygen atoms in total. The van der Waals surface area contributed by atoms with Gasteiger partial charge >= 0.3 is 0 Å². The summed E-state index contributed by atoms with van der Waals surface area (Å²) in [6.07, 6.45) is 4.74. The number of amides is 1. The van der Waals surface area contributed by atoms with Gasteiger partial charge in [0.25, 0.3) is 0 Å². The summed E-state index contributed by atoms with van der Waals surface area (Å²) in [6, 6.07) is 0. The van der Waals surface area contributed by atoms with Crippen LogP contribution in [-0.4, -0.2) is 29.2 Å². The molecule has 1 aromatic heterocycles. The molecule has 1 aliphatic heterocycles. The first-order valence-electron chi connectivity index (χ1n) is 6.63. The Hall–Kier alpha value is -1.01. The average Bonchev–Trinajstić information content (AvgIpc) is 2.86. The minimum Gasteiger partial charge on any atom is -0.317 e. The minimum absolute atomic E-state index is 0.0462. The van der Waals surface area contributed by atoms with Crippen molar-refractivity contribution in [2.24, 2.45) is 0 Å². The summed E-state index contributed by atoms with van der Waals surface area (Å²) in [5.41, 5.74) is 0. The second-order valence-corrected chi connectivity index (χ2v) is 5.63. The van der Waals surface area contributed by atoms with Gasteiger partial charge in [-0.15, -0.1) is 10.2 Å². The lowest BCUT2D eigenvalue weighted by Crippen LogP contribution is -2.26. The quantitative estimate of drug-likeness (QED) is 0.858. The van der Waals surface area contributed by atoms with E-state index in [1.807, 2.05) is 0 Å². The van der Waals surface area contributed by atoms with Crippen LogP contribution in [0.5, 0.6) is 0 Å². The van der Waals surface area contributed by atoms with Crippen LogP contribution in [0.3, 0.4) is 0 Å². The van der Waals surface area contributed by atoms with E-state index in [9.17, 15) is 4.79 Å². The Labute approximate surface area is 111 Å². The highest BCUT2D eigenvalue weighted by Gasteiger charge is 2.19. The van der Waals surface area contributed by atoms with Crippen LogP contribution in [0.15, 0.2) is 0 Å². The molecule has 1 amide bonds. The number of piperidine rings is 1. The minimum atomic E-state index is 0.0462. The van der Waals surface area contributed by atoms with Crippen LogP contribution in [0.25, 0.3) is 0 Å². The van der Waals surface area contributed by atoms with Gasteiger partial charge < -0.3 is 10.6 Å². The van der Waals surface area contributed by atoms with Crippen LogP contribution in [0.4, 0.5) is 5.13 Å². The van der Waals surface area contributed by atoms with Gasteiger partial charge in [0.15, 0.2) is 0 Å². The predicted octanol–water partition coefficient (Wildman–Crippen LogP) is 2.13. The molecule has 0 bridgehead atoms. The molecule has 2 heterocycles. The van der Waals surface area contributed by atoms with Crippen molar-refractivity contribution < 1.29 is 4.79 Å². The normalized spacial score (nSPS) is 16.7. The first-order chi connectivity index (χ1) is 8.79. The average molecular weight is 268 g/mol. The van der Waals surface area contributed by atoms with Crippen LogP contribution in [0, 0.1) is 0 Å². The van der Waals surface area contributed by atoms with E-state index in [1.54, 1.807) is 0 Å². The van der Waals surface area contributed by atoms with Gasteiger partial charge in [0.1, 0.15) is 5.01 Å². The second kappa shape index (κ2) is 6.80. The molecule has 0 atom stereocenters. The van der Waals surface area contributed by atoms with Crippen molar-refractivity contribution in [2.75, 3.05) is 18.4 Å². The molecule has 0 aliphatic carbocycles. The van der Waals surface area contributed by atoms with E-state index in [1.165, 1.54) is 11.3 Å². The molecule has 6 heteroatoms. The summed E-state index contributed by atoms with van der Waals surface area (Å²) in [4.78, 5) is 11.6. The molecular formula is C12H20N4OS. The Bertz CT molecular complexity index is 387. The van der Waals surface area contributed by atoms with Crippen molar-refractivity contribution in [1.82, 2.24) is 15.5 Å². The molecule has 0 aromatic carbocycles. The predicted molar refractivity (Wildman–Crippen MR) is 72.9 cm³/mol. The zero-order valence-corrected chi connectivity index (χ0v) is 11.6. The highest BCUT2D eigenvalue weighted by molar-refractivity contribution is 7.15. The van der Waals surface area contributed by atoms with E-state index in [-0.39, 0.29) is 5.91 Å².